The number of anilines is 1. The fourth-order valence-corrected chi connectivity index (χ4v) is 2.70. The zero-order valence-corrected chi connectivity index (χ0v) is 19.3. The second-order valence-electron chi connectivity index (χ2n) is 8.12. The smallest absolute Gasteiger partial charge is 0.422 e. The minimum atomic E-state index is -0.984. The normalized spacial score (nSPS) is 10.7. The molecule has 0 saturated heterocycles. The van der Waals surface area contributed by atoms with Crippen molar-refractivity contribution in [3.8, 4) is 5.75 Å². The van der Waals surface area contributed by atoms with Crippen molar-refractivity contribution in [1.29, 1.82) is 0 Å². The van der Waals surface area contributed by atoms with Crippen LogP contribution < -0.4 is 15.0 Å². The van der Waals surface area contributed by atoms with Gasteiger partial charge in [-0.25, -0.2) is 14.4 Å². The fraction of sp³-hybridized carbons (Fsp3) is 0.333. The van der Waals surface area contributed by atoms with E-state index in [9.17, 15) is 19.2 Å². The summed E-state index contributed by atoms with van der Waals surface area (Å²) in [5, 5.41) is 2.65. The van der Waals surface area contributed by atoms with Crippen molar-refractivity contribution in [3.63, 3.8) is 0 Å². The first-order chi connectivity index (χ1) is 15.6. The Morgan fingerprint density at radius 3 is 2.18 bits per heavy atom. The Morgan fingerprint density at radius 1 is 0.939 bits per heavy atom. The molecule has 0 aromatic heterocycles. The highest BCUT2D eigenvalue weighted by atomic mass is 16.5. The molecule has 0 bridgehead atoms. The van der Waals surface area contributed by atoms with Crippen molar-refractivity contribution >= 4 is 29.8 Å². The minimum absolute atomic E-state index is 0.0160. The molecule has 0 saturated carbocycles. The van der Waals surface area contributed by atoms with Crippen LogP contribution in [0.1, 0.15) is 36.7 Å². The molecule has 2 aromatic carbocycles. The first-order valence-corrected chi connectivity index (χ1v) is 10.2. The number of carbonyl (C=O) groups is 4. The predicted octanol–water partition coefficient (Wildman–Crippen LogP) is 3.95. The van der Waals surface area contributed by atoms with E-state index in [1.807, 2.05) is 30.3 Å². The zero-order valence-electron chi connectivity index (χ0n) is 19.3. The first kappa shape index (κ1) is 25.4. The van der Waals surface area contributed by atoms with Gasteiger partial charge < -0.3 is 19.5 Å². The average molecular weight is 456 g/mol. The molecule has 0 aliphatic heterocycles. The van der Waals surface area contributed by atoms with Crippen molar-refractivity contribution in [2.24, 2.45) is 5.41 Å². The average Bonchev–Trinajstić information content (AvgIpc) is 2.78. The highest BCUT2D eigenvalue weighted by Crippen LogP contribution is 2.28. The van der Waals surface area contributed by atoms with Crippen LogP contribution in [0.5, 0.6) is 5.75 Å². The lowest BCUT2D eigenvalue weighted by molar-refractivity contribution is -0.143. The van der Waals surface area contributed by atoms with Crippen LogP contribution in [0.15, 0.2) is 48.5 Å². The number of urea groups is 1. The van der Waals surface area contributed by atoms with E-state index in [4.69, 9.17) is 14.2 Å². The summed E-state index contributed by atoms with van der Waals surface area (Å²) in [4.78, 5) is 50.5. The van der Waals surface area contributed by atoms with Crippen LogP contribution in [0.25, 0.3) is 0 Å². The van der Waals surface area contributed by atoms with E-state index in [0.29, 0.717) is 11.3 Å². The number of hydrogen-bond donors (Lipinski definition) is 1. The van der Waals surface area contributed by atoms with Crippen molar-refractivity contribution in [3.05, 3.63) is 59.7 Å². The van der Waals surface area contributed by atoms with Gasteiger partial charge in [0, 0.05) is 12.6 Å². The van der Waals surface area contributed by atoms with Gasteiger partial charge in [0.1, 0.15) is 5.75 Å². The van der Waals surface area contributed by atoms with Gasteiger partial charge in [-0.2, -0.15) is 4.90 Å². The van der Waals surface area contributed by atoms with E-state index in [2.05, 4.69) is 5.32 Å². The maximum absolute atomic E-state index is 12.9. The van der Waals surface area contributed by atoms with Crippen LogP contribution in [0, 0.1) is 5.41 Å². The summed E-state index contributed by atoms with van der Waals surface area (Å²) in [6.07, 6.45) is -0.444. The molecular formula is C24H28N2O7. The predicted molar refractivity (Wildman–Crippen MR) is 121 cm³/mol. The molecule has 0 heterocycles. The van der Waals surface area contributed by atoms with Gasteiger partial charge in [-0.05, 0) is 44.9 Å². The molecule has 0 aliphatic rings. The molecule has 2 aromatic rings. The number of benzene rings is 2. The van der Waals surface area contributed by atoms with Gasteiger partial charge >= 0.3 is 24.1 Å². The second-order valence-corrected chi connectivity index (χ2v) is 8.12. The lowest BCUT2D eigenvalue weighted by Crippen LogP contribution is -2.44. The van der Waals surface area contributed by atoms with Crippen LogP contribution in [0.4, 0.5) is 15.3 Å². The number of ether oxygens (including phenoxy) is 3. The number of nitrogens with zero attached hydrogens (tertiary/aromatic N) is 1. The van der Waals surface area contributed by atoms with E-state index in [1.54, 1.807) is 20.8 Å². The van der Waals surface area contributed by atoms with E-state index in [-0.39, 0.29) is 23.5 Å². The third-order valence-electron chi connectivity index (χ3n) is 4.49. The largest absolute Gasteiger partial charge is 0.465 e. The quantitative estimate of drug-likeness (QED) is 0.517. The summed E-state index contributed by atoms with van der Waals surface area (Å²) in [5.74, 6) is -1.33. The Morgan fingerprint density at radius 2 is 1.61 bits per heavy atom. The third-order valence-corrected chi connectivity index (χ3v) is 4.49. The highest BCUT2D eigenvalue weighted by molar-refractivity contribution is 6.12. The SMILES string of the molecule is COC(=O)c1cc(OC(=O)C(C)(C)C)cc(N(C(=O)NCCc2ccccc2)C(=O)OC)c1. The third kappa shape index (κ3) is 7.06. The van der Waals surface area contributed by atoms with E-state index in [1.165, 1.54) is 25.3 Å². The molecule has 0 atom stereocenters. The topological polar surface area (TPSA) is 111 Å². The summed E-state index contributed by atoms with van der Waals surface area (Å²) < 4.78 is 14.9. The summed E-state index contributed by atoms with van der Waals surface area (Å²) in [7, 11) is 2.31. The molecule has 0 aliphatic carbocycles. The van der Waals surface area contributed by atoms with Crippen LogP contribution in [-0.2, 0) is 20.7 Å². The second kappa shape index (κ2) is 11.1. The van der Waals surface area contributed by atoms with E-state index in [0.717, 1.165) is 12.7 Å². The molecule has 0 fully saturated rings. The molecular weight excluding hydrogens is 428 g/mol. The summed E-state index contributed by atoms with van der Waals surface area (Å²) in [6, 6.07) is 12.6. The fourth-order valence-electron chi connectivity index (χ4n) is 2.70. The van der Waals surface area contributed by atoms with Gasteiger partial charge in [-0.1, -0.05) is 30.3 Å². The van der Waals surface area contributed by atoms with Crippen LogP contribution in [-0.4, -0.2) is 44.8 Å². The molecule has 0 unspecified atom stereocenters. The van der Waals surface area contributed by atoms with Crippen molar-refractivity contribution < 1.29 is 33.4 Å². The van der Waals surface area contributed by atoms with Gasteiger partial charge in [-0.3, -0.25) is 4.79 Å². The number of esters is 2. The van der Waals surface area contributed by atoms with Gasteiger partial charge in [0.2, 0.25) is 0 Å². The molecule has 3 amide bonds. The Kier molecular flexibility index (Phi) is 8.56. The van der Waals surface area contributed by atoms with Crippen molar-refractivity contribution in [2.45, 2.75) is 27.2 Å². The lowest BCUT2D eigenvalue weighted by Gasteiger charge is -2.22. The van der Waals surface area contributed by atoms with Gasteiger partial charge in [0.05, 0.1) is 30.9 Å². The highest BCUT2D eigenvalue weighted by Gasteiger charge is 2.28. The Hall–Kier alpha value is -3.88. The maximum atomic E-state index is 12.9. The number of rotatable bonds is 6. The minimum Gasteiger partial charge on any atom is -0.465 e. The monoisotopic (exact) mass is 456 g/mol. The molecule has 33 heavy (non-hydrogen) atoms. The molecule has 1 N–H and O–H groups in total. The lowest BCUT2D eigenvalue weighted by atomic mass is 9.97. The van der Waals surface area contributed by atoms with E-state index >= 15 is 0 Å². The van der Waals surface area contributed by atoms with E-state index < -0.39 is 29.5 Å². The maximum Gasteiger partial charge on any atom is 0.422 e. The van der Waals surface area contributed by atoms with Crippen molar-refractivity contribution in [1.82, 2.24) is 5.32 Å². The standard InChI is InChI=1S/C24H28N2O7/c1-24(2,3)21(28)33-19-14-17(20(27)31-4)13-18(15-19)26(23(30)32-5)22(29)25-12-11-16-9-7-6-8-10-16/h6-10,13-15H,11-12H2,1-5H3,(H,25,29). The molecule has 0 radical (unpaired) electrons. The van der Waals surface area contributed by atoms with Crippen molar-refractivity contribution in [2.75, 3.05) is 25.7 Å². The van der Waals surface area contributed by atoms with Gasteiger partial charge in [0.25, 0.3) is 0 Å². The number of amides is 3. The molecule has 176 valence electrons. The van der Waals surface area contributed by atoms with Gasteiger partial charge in [0.15, 0.2) is 0 Å². The summed E-state index contributed by atoms with van der Waals surface area (Å²) in [6.45, 7) is 5.25. The zero-order chi connectivity index (χ0) is 24.6. The number of hydrogen-bond acceptors (Lipinski definition) is 7. The van der Waals surface area contributed by atoms with Crippen LogP contribution >= 0.6 is 0 Å². The van der Waals surface area contributed by atoms with Crippen LogP contribution in [0.2, 0.25) is 0 Å². The Bertz CT molecular complexity index is 1010. The number of methoxy groups -OCH3 is 2. The molecule has 2 rings (SSSR count). The van der Waals surface area contributed by atoms with Crippen LogP contribution in [0.3, 0.4) is 0 Å². The molecule has 9 heteroatoms. The van der Waals surface area contributed by atoms with Gasteiger partial charge in [-0.15, -0.1) is 0 Å². The Balaban J connectivity index is 2.35. The number of carbonyl (C=O) groups excluding carboxylic acids is 4. The summed E-state index contributed by atoms with van der Waals surface area (Å²) >= 11 is 0. The summed E-state index contributed by atoms with van der Waals surface area (Å²) in [5.41, 5.74) is 0.140. The molecule has 0 spiro atoms. The molecule has 9 nitrogen and oxygen atoms in total. The Labute approximate surface area is 192 Å². The number of nitrogens with one attached hydrogen (secondary N) is 1. The number of imide groups is 1. The first-order valence-electron chi connectivity index (χ1n) is 10.2.